The van der Waals surface area contributed by atoms with Crippen LogP contribution in [0.25, 0.3) is 0 Å². The lowest BCUT2D eigenvalue weighted by atomic mass is 9.93. The van der Waals surface area contributed by atoms with E-state index in [1.807, 2.05) is 0 Å². The summed E-state index contributed by atoms with van der Waals surface area (Å²) in [4.78, 5) is 0. The van der Waals surface area contributed by atoms with Crippen LogP contribution < -0.4 is 5.32 Å². The van der Waals surface area contributed by atoms with Crippen molar-refractivity contribution >= 4 is 0 Å². The monoisotopic (exact) mass is 281 g/mol. The Hall–Kier alpha value is -1.64. The molecule has 3 rings (SSSR count). The van der Waals surface area contributed by atoms with Gasteiger partial charge in [0, 0.05) is 12.6 Å². The molecule has 1 aliphatic heterocycles. The summed E-state index contributed by atoms with van der Waals surface area (Å²) in [6, 6.07) is 20.0. The fourth-order valence-electron chi connectivity index (χ4n) is 3.03. The van der Waals surface area contributed by atoms with Gasteiger partial charge >= 0.3 is 0 Å². The number of nitrogens with one attached hydrogen (secondary N) is 1. The van der Waals surface area contributed by atoms with Crippen molar-refractivity contribution in [1.82, 2.24) is 5.32 Å². The van der Waals surface area contributed by atoms with E-state index in [0.717, 1.165) is 19.6 Å². The molecule has 2 aromatic carbocycles. The predicted octanol–water partition coefficient (Wildman–Crippen LogP) is 3.85. The molecular formula is C19H23NO. The summed E-state index contributed by atoms with van der Waals surface area (Å²) in [6.07, 6.45) is 2.34. The van der Waals surface area contributed by atoms with Crippen LogP contribution in [0.2, 0.25) is 0 Å². The van der Waals surface area contributed by atoms with Crippen LogP contribution in [0.3, 0.4) is 0 Å². The normalized spacial score (nSPS) is 20.1. The first-order chi connectivity index (χ1) is 10.3. The molecule has 2 unspecified atom stereocenters. The van der Waals surface area contributed by atoms with Crippen molar-refractivity contribution < 1.29 is 4.74 Å². The highest BCUT2D eigenvalue weighted by Gasteiger charge is 2.21. The Morgan fingerprint density at radius 1 is 1.05 bits per heavy atom. The van der Waals surface area contributed by atoms with Gasteiger partial charge in [-0.2, -0.15) is 0 Å². The van der Waals surface area contributed by atoms with Gasteiger partial charge < -0.3 is 10.1 Å². The number of hydrogen-bond donors (Lipinski definition) is 1. The van der Waals surface area contributed by atoms with Gasteiger partial charge in [-0.3, -0.25) is 0 Å². The second-order valence-corrected chi connectivity index (χ2v) is 5.78. The molecule has 2 heteroatoms. The summed E-state index contributed by atoms with van der Waals surface area (Å²) < 4.78 is 5.62. The Balaban J connectivity index is 1.89. The zero-order valence-corrected chi connectivity index (χ0v) is 12.6. The molecule has 21 heavy (non-hydrogen) atoms. The number of aryl methyl sites for hydroxylation is 1. The van der Waals surface area contributed by atoms with Gasteiger partial charge in [-0.25, -0.2) is 0 Å². The highest BCUT2D eigenvalue weighted by atomic mass is 16.5. The van der Waals surface area contributed by atoms with Crippen molar-refractivity contribution in [1.29, 1.82) is 0 Å². The maximum atomic E-state index is 5.62. The van der Waals surface area contributed by atoms with E-state index in [-0.39, 0.29) is 6.04 Å². The zero-order valence-electron chi connectivity index (χ0n) is 12.6. The van der Waals surface area contributed by atoms with Gasteiger partial charge in [-0.15, -0.1) is 0 Å². The second-order valence-electron chi connectivity index (χ2n) is 5.78. The minimum absolute atomic E-state index is 0.235. The highest BCUT2D eigenvalue weighted by Crippen LogP contribution is 2.26. The van der Waals surface area contributed by atoms with Gasteiger partial charge in [0.25, 0.3) is 0 Å². The smallest absolute Gasteiger partial charge is 0.0619 e. The van der Waals surface area contributed by atoms with Crippen molar-refractivity contribution in [3.8, 4) is 0 Å². The van der Waals surface area contributed by atoms with Crippen LogP contribution in [0.5, 0.6) is 0 Å². The topological polar surface area (TPSA) is 21.3 Å². The summed E-state index contributed by atoms with van der Waals surface area (Å²) in [7, 11) is 0. The number of hydrogen-bond acceptors (Lipinski definition) is 2. The number of benzene rings is 2. The molecule has 1 N–H and O–H groups in total. The maximum Gasteiger partial charge on any atom is 0.0619 e. The Morgan fingerprint density at radius 2 is 1.81 bits per heavy atom. The van der Waals surface area contributed by atoms with E-state index in [1.165, 1.54) is 23.1 Å². The molecule has 110 valence electrons. The first kappa shape index (κ1) is 14.3. The Bertz CT molecular complexity index is 561. The molecule has 1 fully saturated rings. The minimum atomic E-state index is 0.235. The van der Waals surface area contributed by atoms with Gasteiger partial charge in [0.15, 0.2) is 0 Å². The SMILES string of the molecule is Cc1ccccc1C(NC1CCCOC1)c1ccccc1. The lowest BCUT2D eigenvalue weighted by molar-refractivity contribution is 0.0679. The predicted molar refractivity (Wildman–Crippen MR) is 86.4 cm³/mol. The third-order valence-electron chi connectivity index (χ3n) is 4.20. The summed E-state index contributed by atoms with van der Waals surface area (Å²) in [5.74, 6) is 0. The van der Waals surface area contributed by atoms with Crippen LogP contribution in [-0.4, -0.2) is 19.3 Å². The molecule has 1 heterocycles. The molecule has 0 aliphatic carbocycles. The van der Waals surface area contributed by atoms with Crippen LogP contribution in [-0.2, 0) is 4.74 Å². The summed E-state index contributed by atoms with van der Waals surface area (Å²) in [5, 5.41) is 3.80. The molecule has 2 aromatic rings. The van der Waals surface area contributed by atoms with Crippen molar-refractivity contribution in [2.45, 2.75) is 31.8 Å². The van der Waals surface area contributed by atoms with Crippen molar-refractivity contribution in [2.75, 3.05) is 13.2 Å². The molecule has 0 amide bonds. The molecule has 0 radical (unpaired) electrons. The van der Waals surface area contributed by atoms with E-state index >= 15 is 0 Å². The molecule has 0 saturated carbocycles. The average molecular weight is 281 g/mol. The van der Waals surface area contributed by atoms with Gasteiger partial charge in [-0.05, 0) is 36.5 Å². The van der Waals surface area contributed by atoms with E-state index in [0.29, 0.717) is 6.04 Å². The van der Waals surface area contributed by atoms with Gasteiger partial charge in [-0.1, -0.05) is 54.6 Å². The van der Waals surface area contributed by atoms with Crippen LogP contribution in [0.1, 0.15) is 35.6 Å². The molecule has 0 spiro atoms. The fraction of sp³-hybridized carbons (Fsp3) is 0.368. The lowest BCUT2D eigenvalue weighted by Crippen LogP contribution is -2.39. The van der Waals surface area contributed by atoms with Gasteiger partial charge in [0.05, 0.1) is 12.6 Å². The Morgan fingerprint density at radius 3 is 2.52 bits per heavy atom. The van der Waals surface area contributed by atoms with Crippen molar-refractivity contribution in [2.24, 2.45) is 0 Å². The third-order valence-corrected chi connectivity index (χ3v) is 4.20. The molecule has 1 saturated heterocycles. The first-order valence-electron chi connectivity index (χ1n) is 7.79. The van der Waals surface area contributed by atoms with Gasteiger partial charge in [0.1, 0.15) is 0 Å². The van der Waals surface area contributed by atoms with Crippen molar-refractivity contribution in [3.05, 3.63) is 71.3 Å². The van der Waals surface area contributed by atoms with E-state index in [1.54, 1.807) is 0 Å². The quantitative estimate of drug-likeness (QED) is 0.919. The van der Waals surface area contributed by atoms with Crippen LogP contribution >= 0.6 is 0 Å². The van der Waals surface area contributed by atoms with Crippen LogP contribution in [0.4, 0.5) is 0 Å². The van der Waals surface area contributed by atoms with Crippen molar-refractivity contribution in [3.63, 3.8) is 0 Å². The summed E-state index contributed by atoms with van der Waals surface area (Å²) in [5.41, 5.74) is 4.00. The number of rotatable bonds is 4. The van der Waals surface area contributed by atoms with E-state index < -0.39 is 0 Å². The first-order valence-corrected chi connectivity index (χ1v) is 7.79. The molecule has 2 nitrogen and oxygen atoms in total. The molecule has 1 aliphatic rings. The molecule has 0 aromatic heterocycles. The second kappa shape index (κ2) is 6.88. The average Bonchev–Trinajstić information content (AvgIpc) is 2.55. The third kappa shape index (κ3) is 3.52. The lowest BCUT2D eigenvalue weighted by Gasteiger charge is -2.30. The van der Waals surface area contributed by atoms with E-state index in [2.05, 4.69) is 66.8 Å². The zero-order chi connectivity index (χ0) is 14.5. The Labute approximate surface area is 127 Å². The number of ether oxygens (including phenoxy) is 1. The summed E-state index contributed by atoms with van der Waals surface area (Å²) in [6.45, 7) is 3.90. The van der Waals surface area contributed by atoms with Crippen LogP contribution in [0.15, 0.2) is 54.6 Å². The van der Waals surface area contributed by atoms with E-state index in [4.69, 9.17) is 4.74 Å². The van der Waals surface area contributed by atoms with Gasteiger partial charge in [0.2, 0.25) is 0 Å². The highest BCUT2D eigenvalue weighted by molar-refractivity contribution is 5.36. The van der Waals surface area contributed by atoms with E-state index in [9.17, 15) is 0 Å². The summed E-state index contributed by atoms with van der Waals surface area (Å²) >= 11 is 0. The largest absolute Gasteiger partial charge is 0.380 e. The maximum absolute atomic E-state index is 5.62. The fourth-order valence-corrected chi connectivity index (χ4v) is 3.03. The molecule has 0 bridgehead atoms. The van der Waals surface area contributed by atoms with Crippen LogP contribution in [0, 0.1) is 6.92 Å². The standard InChI is InChI=1S/C19H23NO/c1-15-8-5-6-12-18(15)19(16-9-3-2-4-10-16)20-17-11-7-13-21-14-17/h2-6,8-10,12,17,19-20H,7,11,13-14H2,1H3. The minimum Gasteiger partial charge on any atom is -0.380 e. The Kier molecular flexibility index (Phi) is 4.69. The molecular weight excluding hydrogens is 258 g/mol. The molecule has 2 atom stereocenters.